The Balaban J connectivity index is 1.67. The Morgan fingerprint density at radius 1 is 1.27 bits per heavy atom. The molecule has 1 aromatic heterocycles. The highest BCUT2D eigenvalue weighted by molar-refractivity contribution is 7.98. The van der Waals surface area contributed by atoms with Crippen LogP contribution in [0.4, 0.5) is 0 Å². The molecule has 0 saturated heterocycles. The van der Waals surface area contributed by atoms with Crippen LogP contribution >= 0.6 is 11.8 Å². The Labute approximate surface area is 135 Å². The fraction of sp³-hybridized carbons (Fsp3) is 0.353. The SMILES string of the molecule is Cc1nnc(SCc2ccccc2)n1/N=C\[C@@H]1CC=CCC1. The molecule has 5 heteroatoms. The van der Waals surface area contributed by atoms with E-state index < -0.39 is 0 Å². The molecule has 0 fully saturated rings. The first-order valence-electron chi connectivity index (χ1n) is 7.61. The third kappa shape index (κ3) is 3.85. The van der Waals surface area contributed by atoms with Crippen molar-refractivity contribution in [1.29, 1.82) is 0 Å². The molecule has 1 aliphatic carbocycles. The maximum atomic E-state index is 4.61. The van der Waals surface area contributed by atoms with Gasteiger partial charge >= 0.3 is 0 Å². The second-order valence-corrected chi connectivity index (χ2v) is 6.37. The summed E-state index contributed by atoms with van der Waals surface area (Å²) < 4.78 is 1.85. The molecule has 1 aliphatic rings. The zero-order valence-electron chi connectivity index (χ0n) is 12.7. The van der Waals surface area contributed by atoms with Crippen molar-refractivity contribution >= 4 is 18.0 Å². The number of rotatable bonds is 5. The fourth-order valence-electron chi connectivity index (χ4n) is 2.40. The van der Waals surface area contributed by atoms with Crippen LogP contribution in [-0.2, 0) is 5.75 Å². The Bertz CT molecular complexity index is 661. The maximum absolute atomic E-state index is 4.61. The van der Waals surface area contributed by atoms with Gasteiger partial charge < -0.3 is 0 Å². The van der Waals surface area contributed by atoms with Crippen LogP contribution in [0.3, 0.4) is 0 Å². The number of hydrogen-bond acceptors (Lipinski definition) is 4. The molecule has 0 bridgehead atoms. The minimum atomic E-state index is 0.527. The van der Waals surface area contributed by atoms with Gasteiger partial charge in [0.15, 0.2) is 5.82 Å². The Morgan fingerprint density at radius 3 is 2.91 bits per heavy atom. The van der Waals surface area contributed by atoms with E-state index in [-0.39, 0.29) is 0 Å². The molecule has 1 heterocycles. The molecule has 22 heavy (non-hydrogen) atoms. The average molecular weight is 312 g/mol. The zero-order chi connectivity index (χ0) is 15.2. The van der Waals surface area contributed by atoms with Crippen molar-refractivity contribution in [3.63, 3.8) is 0 Å². The first kappa shape index (κ1) is 15.0. The molecule has 0 amide bonds. The van der Waals surface area contributed by atoms with Gasteiger partial charge in [-0.25, -0.2) is 0 Å². The normalized spacial score (nSPS) is 18.1. The van der Waals surface area contributed by atoms with Crippen molar-refractivity contribution in [2.24, 2.45) is 11.0 Å². The molecule has 0 aliphatic heterocycles. The summed E-state index contributed by atoms with van der Waals surface area (Å²) in [5, 5.41) is 13.9. The van der Waals surface area contributed by atoms with Crippen molar-refractivity contribution in [3.05, 3.63) is 53.9 Å². The second kappa shape index (κ2) is 7.40. The lowest BCUT2D eigenvalue weighted by atomic mass is 9.96. The number of thioether (sulfide) groups is 1. The molecule has 3 rings (SSSR count). The maximum Gasteiger partial charge on any atom is 0.212 e. The summed E-state index contributed by atoms with van der Waals surface area (Å²) in [6.45, 7) is 1.94. The van der Waals surface area contributed by atoms with Crippen molar-refractivity contribution < 1.29 is 0 Å². The monoisotopic (exact) mass is 312 g/mol. The van der Waals surface area contributed by atoms with Crippen LogP contribution < -0.4 is 0 Å². The molecule has 0 saturated carbocycles. The highest BCUT2D eigenvalue weighted by Crippen LogP contribution is 2.22. The molecule has 1 atom stereocenters. The van der Waals surface area contributed by atoms with E-state index in [1.807, 2.05) is 23.9 Å². The minimum Gasteiger partial charge on any atom is -0.192 e. The van der Waals surface area contributed by atoms with Crippen LogP contribution in [0, 0.1) is 12.8 Å². The van der Waals surface area contributed by atoms with Crippen LogP contribution in [0.5, 0.6) is 0 Å². The van der Waals surface area contributed by atoms with Gasteiger partial charge in [-0.2, -0.15) is 9.78 Å². The van der Waals surface area contributed by atoms with Gasteiger partial charge in [0, 0.05) is 12.0 Å². The van der Waals surface area contributed by atoms with E-state index in [2.05, 4.69) is 51.7 Å². The fourth-order valence-corrected chi connectivity index (χ4v) is 3.29. The smallest absolute Gasteiger partial charge is 0.192 e. The molecule has 4 nitrogen and oxygen atoms in total. The van der Waals surface area contributed by atoms with Gasteiger partial charge in [-0.05, 0) is 37.7 Å². The number of hydrogen-bond donors (Lipinski definition) is 0. The zero-order valence-corrected chi connectivity index (χ0v) is 13.5. The van der Waals surface area contributed by atoms with Gasteiger partial charge in [-0.1, -0.05) is 54.2 Å². The van der Waals surface area contributed by atoms with E-state index in [1.165, 1.54) is 12.0 Å². The van der Waals surface area contributed by atoms with E-state index in [9.17, 15) is 0 Å². The average Bonchev–Trinajstić information content (AvgIpc) is 2.93. The third-order valence-electron chi connectivity index (χ3n) is 3.68. The van der Waals surface area contributed by atoms with Crippen LogP contribution in [0.2, 0.25) is 0 Å². The van der Waals surface area contributed by atoms with Crippen LogP contribution in [0.15, 0.2) is 52.7 Å². The Kier molecular flexibility index (Phi) is 5.06. The summed E-state index contributed by atoms with van der Waals surface area (Å²) in [6, 6.07) is 10.4. The van der Waals surface area contributed by atoms with E-state index in [0.717, 1.165) is 29.6 Å². The third-order valence-corrected chi connectivity index (χ3v) is 4.67. The van der Waals surface area contributed by atoms with Crippen molar-refractivity contribution in [2.45, 2.75) is 37.1 Å². The molecule has 0 spiro atoms. The molecular formula is C17H20N4S. The highest BCUT2D eigenvalue weighted by atomic mass is 32.2. The molecule has 0 radical (unpaired) electrons. The predicted octanol–water partition coefficient (Wildman–Crippen LogP) is 4.07. The molecular weight excluding hydrogens is 292 g/mol. The first-order valence-corrected chi connectivity index (χ1v) is 8.59. The van der Waals surface area contributed by atoms with Crippen molar-refractivity contribution in [2.75, 3.05) is 0 Å². The summed E-state index contributed by atoms with van der Waals surface area (Å²) in [6.07, 6.45) is 9.94. The van der Waals surface area contributed by atoms with Crippen molar-refractivity contribution in [3.8, 4) is 0 Å². The summed E-state index contributed by atoms with van der Waals surface area (Å²) >= 11 is 1.67. The molecule has 0 N–H and O–H groups in total. The number of aromatic nitrogens is 3. The van der Waals surface area contributed by atoms with Gasteiger partial charge in [0.1, 0.15) is 0 Å². The van der Waals surface area contributed by atoms with E-state index >= 15 is 0 Å². The topological polar surface area (TPSA) is 43.1 Å². The van der Waals surface area contributed by atoms with Crippen molar-refractivity contribution in [1.82, 2.24) is 14.9 Å². The molecule has 114 valence electrons. The number of allylic oxidation sites excluding steroid dienone is 2. The van der Waals surface area contributed by atoms with Crippen LogP contribution in [0.1, 0.15) is 30.7 Å². The largest absolute Gasteiger partial charge is 0.212 e. The minimum absolute atomic E-state index is 0.527. The van der Waals surface area contributed by atoms with E-state index in [1.54, 1.807) is 11.8 Å². The van der Waals surface area contributed by atoms with Gasteiger partial charge in [0.25, 0.3) is 0 Å². The van der Waals surface area contributed by atoms with E-state index in [4.69, 9.17) is 0 Å². The lowest BCUT2D eigenvalue weighted by Crippen LogP contribution is -2.06. The van der Waals surface area contributed by atoms with Gasteiger partial charge in [0.2, 0.25) is 5.16 Å². The summed E-state index contributed by atoms with van der Waals surface area (Å²) in [5.74, 6) is 2.23. The van der Waals surface area contributed by atoms with Crippen LogP contribution in [-0.4, -0.2) is 21.1 Å². The highest BCUT2D eigenvalue weighted by Gasteiger charge is 2.11. The second-order valence-electron chi connectivity index (χ2n) is 5.42. The number of aryl methyl sites for hydroxylation is 1. The van der Waals surface area contributed by atoms with Gasteiger partial charge in [-0.15, -0.1) is 10.2 Å². The lowest BCUT2D eigenvalue weighted by molar-refractivity contribution is 0.617. The van der Waals surface area contributed by atoms with Gasteiger partial charge in [-0.3, -0.25) is 0 Å². The Hall–Kier alpha value is -1.88. The summed E-state index contributed by atoms with van der Waals surface area (Å²) in [7, 11) is 0. The summed E-state index contributed by atoms with van der Waals surface area (Å²) in [5.41, 5.74) is 1.28. The standard InChI is InChI=1S/C17H20N4S/c1-14-19-20-17(22-13-16-10-6-3-7-11-16)21(14)18-12-15-8-4-2-5-9-15/h2-4,6-7,10-12,15H,5,8-9,13H2,1H3/b18-12-/t15-/m1/s1. The first-order chi connectivity index (χ1) is 10.8. The van der Waals surface area contributed by atoms with Gasteiger partial charge in [0.05, 0.1) is 0 Å². The number of nitrogens with zero attached hydrogens (tertiary/aromatic N) is 4. The quantitative estimate of drug-likeness (QED) is 0.475. The molecule has 2 aromatic rings. The molecule has 0 unspecified atom stereocenters. The Morgan fingerprint density at radius 2 is 2.14 bits per heavy atom. The van der Waals surface area contributed by atoms with Crippen LogP contribution in [0.25, 0.3) is 0 Å². The summed E-state index contributed by atoms with van der Waals surface area (Å²) in [4.78, 5) is 0. The van der Waals surface area contributed by atoms with E-state index in [0.29, 0.717) is 5.92 Å². The number of benzene rings is 1. The lowest BCUT2D eigenvalue weighted by Gasteiger charge is -2.12. The predicted molar refractivity (Wildman–Crippen MR) is 91.1 cm³/mol. The molecule has 1 aromatic carbocycles.